The van der Waals surface area contributed by atoms with Gasteiger partial charge < -0.3 is 29.2 Å². The molecule has 4 rings (SSSR count). The second-order valence-electron chi connectivity index (χ2n) is 6.66. The molecule has 1 saturated heterocycles. The minimum Gasteiger partial charge on any atom is -0.493 e. The smallest absolute Gasteiger partial charge is 0.323 e. The lowest BCUT2D eigenvalue weighted by atomic mass is 10.1. The van der Waals surface area contributed by atoms with Crippen molar-refractivity contribution in [3.8, 4) is 11.5 Å². The van der Waals surface area contributed by atoms with Crippen molar-refractivity contribution in [3.05, 3.63) is 52.4 Å². The Labute approximate surface area is 161 Å². The van der Waals surface area contributed by atoms with Gasteiger partial charge in [-0.05, 0) is 36.4 Å². The number of nitrogens with one attached hydrogen (secondary N) is 2. The van der Waals surface area contributed by atoms with Crippen molar-refractivity contribution in [2.45, 2.75) is 0 Å². The fourth-order valence-electron chi connectivity index (χ4n) is 3.54. The van der Waals surface area contributed by atoms with Gasteiger partial charge in [-0.15, -0.1) is 0 Å². The zero-order valence-corrected chi connectivity index (χ0v) is 15.8. The third kappa shape index (κ3) is 3.28. The van der Waals surface area contributed by atoms with Crippen LogP contribution in [-0.4, -0.2) is 61.2 Å². The second kappa shape index (κ2) is 7.30. The lowest BCUT2D eigenvalue weighted by Gasteiger charge is -2.36. The molecule has 0 spiro atoms. The maximum Gasteiger partial charge on any atom is 0.323 e. The number of benzene rings is 2. The van der Waals surface area contributed by atoms with Crippen LogP contribution < -0.4 is 20.1 Å². The summed E-state index contributed by atoms with van der Waals surface area (Å²) in [6.07, 6.45) is 0. The molecule has 0 saturated carbocycles. The van der Waals surface area contributed by atoms with E-state index in [0.29, 0.717) is 30.2 Å². The third-order valence-electron chi connectivity index (χ3n) is 5.06. The molecule has 2 heterocycles. The van der Waals surface area contributed by atoms with Gasteiger partial charge in [0.2, 0.25) is 0 Å². The predicted octanol–water partition coefficient (Wildman–Crippen LogP) is 1.84. The number of anilines is 1. The number of ether oxygens (including phenoxy) is 2. The maximum atomic E-state index is 12.9. The van der Waals surface area contributed by atoms with Gasteiger partial charge in [0.1, 0.15) is 0 Å². The van der Waals surface area contributed by atoms with Crippen LogP contribution in [0.1, 0.15) is 10.4 Å². The Balaban J connectivity index is 1.45. The van der Waals surface area contributed by atoms with Crippen LogP contribution in [0.25, 0.3) is 11.0 Å². The van der Waals surface area contributed by atoms with Gasteiger partial charge in [0.25, 0.3) is 5.91 Å². The van der Waals surface area contributed by atoms with E-state index in [1.807, 2.05) is 23.1 Å². The lowest BCUT2D eigenvalue weighted by molar-refractivity contribution is 0.0746. The van der Waals surface area contributed by atoms with Gasteiger partial charge in [-0.25, -0.2) is 4.79 Å². The topological polar surface area (TPSA) is 90.7 Å². The molecule has 1 aliphatic heterocycles. The minimum absolute atomic E-state index is 0.0222. The number of amides is 1. The van der Waals surface area contributed by atoms with Crippen molar-refractivity contribution < 1.29 is 14.3 Å². The molecule has 3 aromatic rings. The van der Waals surface area contributed by atoms with Crippen molar-refractivity contribution >= 4 is 22.6 Å². The van der Waals surface area contributed by atoms with E-state index in [0.717, 1.165) is 29.8 Å². The van der Waals surface area contributed by atoms with Crippen LogP contribution in [0.4, 0.5) is 5.69 Å². The van der Waals surface area contributed by atoms with Gasteiger partial charge in [0, 0.05) is 37.4 Å². The van der Waals surface area contributed by atoms with Crippen LogP contribution in [0.2, 0.25) is 0 Å². The predicted molar refractivity (Wildman–Crippen MR) is 107 cm³/mol. The average molecular weight is 382 g/mol. The first-order valence-corrected chi connectivity index (χ1v) is 9.07. The van der Waals surface area contributed by atoms with E-state index in [9.17, 15) is 9.59 Å². The number of carbonyl (C=O) groups is 1. The Morgan fingerprint density at radius 1 is 0.893 bits per heavy atom. The van der Waals surface area contributed by atoms with Crippen LogP contribution >= 0.6 is 0 Å². The number of H-pyrrole nitrogens is 2. The molecule has 0 aliphatic carbocycles. The van der Waals surface area contributed by atoms with Crippen molar-refractivity contribution in [1.82, 2.24) is 14.9 Å². The number of imidazole rings is 1. The normalized spacial score (nSPS) is 14.4. The first-order valence-electron chi connectivity index (χ1n) is 9.07. The summed E-state index contributed by atoms with van der Waals surface area (Å²) in [5.41, 5.74) is 2.97. The van der Waals surface area contributed by atoms with E-state index in [1.165, 1.54) is 0 Å². The molecule has 0 unspecified atom stereocenters. The standard InChI is InChI=1S/C20H22N4O4/c1-27-17-6-3-13(11-18(17)28-2)19(25)24-9-7-23(8-10-24)14-4-5-15-16(12-14)22-20(26)21-15/h3-6,11-12H,7-10H2,1-2H3,(H2,21,22,26). The van der Waals surface area contributed by atoms with Gasteiger partial charge in [-0.3, -0.25) is 4.79 Å². The fraction of sp³-hybridized carbons (Fsp3) is 0.300. The molecule has 1 amide bonds. The Hall–Kier alpha value is -3.42. The molecule has 8 heteroatoms. The van der Waals surface area contributed by atoms with Crippen molar-refractivity contribution in [2.75, 3.05) is 45.3 Å². The number of fused-ring (bicyclic) bond motifs is 1. The van der Waals surface area contributed by atoms with E-state index in [-0.39, 0.29) is 11.6 Å². The average Bonchev–Trinajstić information content (AvgIpc) is 3.12. The largest absolute Gasteiger partial charge is 0.493 e. The first kappa shape index (κ1) is 18.0. The van der Waals surface area contributed by atoms with Crippen LogP contribution in [0.3, 0.4) is 0 Å². The number of carbonyl (C=O) groups excluding carboxylic acids is 1. The highest BCUT2D eigenvalue weighted by Gasteiger charge is 2.23. The molecule has 1 aliphatic rings. The summed E-state index contributed by atoms with van der Waals surface area (Å²) in [5, 5.41) is 0. The van der Waals surface area contributed by atoms with Crippen LogP contribution in [0.5, 0.6) is 11.5 Å². The number of hydrogen-bond donors (Lipinski definition) is 2. The number of nitrogens with zero attached hydrogens (tertiary/aromatic N) is 2. The quantitative estimate of drug-likeness (QED) is 0.719. The Morgan fingerprint density at radius 2 is 1.61 bits per heavy atom. The van der Waals surface area contributed by atoms with Gasteiger partial charge in [0.15, 0.2) is 11.5 Å². The highest BCUT2D eigenvalue weighted by atomic mass is 16.5. The molecule has 146 valence electrons. The summed E-state index contributed by atoms with van der Waals surface area (Å²) < 4.78 is 10.5. The van der Waals surface area contributed by atoms with Crippen LogP contribution in [0.15, 0.2) is 41.2 Å². The van der Waals surface area contributed by atoms with Gasteiger partial charge in [0.05, 0.1) is 25.3 Å². The summed E-state index contributed by atoms with van der Waals surface area (Å²) in [6.45, 7) is 2.68. The Morgan fingerprint density at radius 3 is 2.32 bits per heavy atom. The molecule has 1 aromatic heterocycles. The van der Waals surface area contributed by atoms with E-state index in [4.69, 9.17) is 9.47 Å². The molecule has 0 radical (unpaired) electrons. The number of methoxy groups -OCH3 is 2. The van der Waals surface area contributed by atoms with E-state index in [1.54, 1.807) is 32.4 Å². The molecule has 28 heavy (non-hydrogen) atoms. The number of aromatic amines is 2. The highest BCUT2D eigenvalue weighted by Crippen LogP contribution is 2.28. The summed E-state index contributed by atoms with van der Waals surface area (Å²) in [7, 11) is 3.12. The summed E-state index contributed by atoms with van der Waals surface area (Å²) in [4.78, 5) is 33.9. The van der Waals surface area contributed by atoms with E-state index < -0.39 is 0 Å². The van der Waals surface area contributed by atoms with Gasteiger partial charge in [-0.1, -0.05) is 0 Å². The first-order chi connectivity index (χ1) is 13.6. The maximum absolute atomic E-state index is 12.9. The Kier molecular flexibility index (Phi) is 4.68. The highest BCUT2D eigenvalue weighted by molar-refractivity contribution is 5.95. The summed E-state index contributed by atoms with van der Waals surface area (Å²) >= 11 is 0. The summed E-state index contributed by atoms with van der Waals surface area (Å²) in [5.74, 6) is 1.12. The van der Waals surface area contributed by atoms with Gasteiger partial charge >= 0.3 is 5.69 Å². The third-order valence-corrected chi connectivity index (χ3v) is 5.06. The number of aromatic nitrogens is 2. The van der Waals surface area contributed by atoms with E-state index >= 15 is 0 Å². The molecular formula is C20H22N4O4. The molecule has 2 N–H and O–H groups in total. The van der Waals surface area contributed by atoms with Crippen molar-refractivity contribution in [3.63, 3.8) is 0 Å². The Bertz CT molecular complexity index is 1060. The molecular weight excluding hydrogens is 360 g/mol. The van der Waals surface area contributed by atoms with Gasteiger partial charge in [-0.2, -0.15) is 0 Å². The second-order valence-corrected chi connectivity index (χ2v) is 6.66. The molecule has 8 nitrogen and oxygen atoms in total. The SMILES string of the molecule is COc1ccc(C(=O)N2CCN(c3ccc4[nH]c(=O)[nH]c4c3)CC2)cc1OC. The zero-order chi connectivity index (χ0) is 19.7. The molecule has 1 fully saturated rings. The molecule has 0 atom stereocenters. The summed E-state index contributed by atoms with van der Waals surface area (Å²) in [6, 6.07) is 11.0. The van der Waals surface area contributed by atoms with E-state index in [2.05, 4.69) is 14.9 Å². The van der Waals surface area contributed by atoms with Crippen molar-refractivity contribution in [1.29, 1.82) is 0 Å². The zero-order valence-electron chi connectivity index (χ0n) is 15.8. The van der Waals surface area contributed by atoms with Crippen LogP contribution in [0, 0.1) is 0 Å². The lowest BCUT2D eigenvalue weighted by Crippen LogP contribution is -2.48. The molecule has 2 aromatic carbocycles. The molecule has 0 bridgehead atoms. The van der Waals surface area contributed by atoms with Crippen LogP contribution in [-0.2, 0) is 0 Å². The number of piperazine rings is 1. The fourth-order valence-corrected chi connectivity index (χ4v) is 3.54. The number of rotatable bonds is 4. The van der Waals surface area contributed by atoms with Crippen molar-refractivity contribution in [2.24, 2.45) is 0 Å². The number of hydrogen-bond acceptors (Lipinski definition) is 5. The monoisotopic (exact) mass is 382 g/mol. The minimum atomic E-state index is -0.211.